The molecule has 2 fully saturated rings. The first-order valence-electron chi connectivity index (χ1n) is 13.4. The molecule has 0 spiro atoms. The molecule has 0 unspecified atom stereocenters. The van der Waals surface area contributed by atoms with E-state index in [2.05, 4.69) is 5.32 Å². The van der Waals surface area contributed by atoms with Gasteiger partial charge in [0.15, 0.2) is 5.78 Å². The van der Waals surface area contributed by atoms with Crippen molar-refractivity contribution in [3.05, 3.63) is 64.6 Å². The lowest BCUT2D eigenvalue weighted by molar-refractivity contribution is -0.138. The summed E-state index contributed by atoms with van der Waals surface area (Å²) in [6.07, 6.45) is 2.24. The number of benzene rings is 2. The third-order valence-electron chi connectivity index (χ3n) is 7.37. The van der Waals surface area contributed by atoms with Crippen molar-refractivity contribution in [2.45, 2.75) is 38.9 Å². The van der Waals surface area contributed by atoms with Crippen molar-refractivity contribution in [1.29, 1.82) is 0 Å². The van der Waals surface area contributed by atoms with E-state index >= 15 is 0 Å². The van der Waals surface area contributed by atoms with Crippen molar-refractivity contribution in [3.63, 3.8) is 0 Å². The normalized spacial score (nSPS) is 17.1. The average molecular weight is 585 g/mol. The Hall–Kier alpha value is -3.96. The molecule has 2 aromatic carbocycles. The fourth-order valence-corrected chi connectivity index (χ4v) is 5.42. The fraction of sp³-hybridized carbons (Fsp3) is 0.379. The maximum Gasteiger partial charge on any atom is 0.415 e. The van der Waals surface area contributed by atoms with Gasteiger partial charge in [0, 0.05) is 54.4 Å². The topological polar surface area (TPSA) is 110 Å². The van der Waals surface area contributed by atoms with Gasteiger partial charge < -0.3 is 29.2 Å². The molecule has 3 heterocycles. The number of ketones is 1. The SMILES string of the molecule is CC(=O)c1cn(CC(=O)N2CCC[C@H]2C(=O)NCc2cccc(Cl)c2F)c2ccc(OC(=O)N3CCOCC3)cc12. The van der Waals surface area contributed by atoms with Crippen molar-refractivity contribution >= 4 is 46.2 Å². The molecule has 3 amide bonds. The van der Waals surface area contributed by atoms with Gasteiger partial charge >= 0.3 is 6.09 Å². The van der Waals surface area contributed by atoms with Crippen LogP contribution in [-0.2, 0) is 27.4 Å². The molecule has 1 N–H and O–H groups in total. The number of hydrogen-bond acceptors (Lipinski definition) is 6. The monoisotopic (exact) mass is 584 g/mol. The van der Waals surface area contributed by atoms with Crippen LogP contribution >= 0.6 is 11.6 Å². The first-order valence-corrected chi connectivity index (χ1v) is 13.8. The predicted molar refractivity (Wildman–Crippen MR) is 148 cm³/mol. The number of carbonyl (C=O) groups excluding carboxylic acids is 4. The summed E-state index contributed by atoms with van der Waals surface area (Å²) in [5.41, 5.74) is 1.26. The number of amides is 3. The van der Waals surface area contributed by atoms with Crippen LogP contribution in [0.4, 0.5) is 9.18 Å². The summed E-state index contributed by atoms with van der Waals surface area (Å²) in [6.45, 7) is 3.45. The Morgan fingerprint density at radius 2 is 1.90 bits per heavy atom. The second kappa shape index (κ2) is 12.3. The summed E-state index contributed by atoms with van der Waals surface area (Å²) in [4.78, 5) is 54.4. The van der Waals surface area contributed by atoms with Gasteiger partial charge in [0.25, 0.3) is 0 Å². The third-order valence-corrected chi connectivity index (χ3v) is 7.66. The number of fused-ring (bicyclic) bond motifs is 1. The van der Waals surface area contributed by atoms with Gasteiger partial charge in [-0.3, -0.25) is 14.4 Å². The van der Waals surface area contributed by atoms with Gasteiger partial charge in [-0.2, -0.15) is 0 Å². The minimum atomic E-state index is -0.690. The van der Waals surface area contributed by atoms with Crippen LogP contribution in [-0.4, -0.2) is 76.9 Å². The summed E-state index contributed by atoms with van der Waals surface area (Å²) in [7, 11) is 0. The Morgan fingerprint density at radius 1 is 1.12 bits per heavy atom. The molecule has 216 valence electrons. The van der Waals surface area contributed by atoms with E-state index in [4.69, 9.17) is 21.1 Å². The minimum Gasteiger partial charge on any atom is -0.410 e. The molecule has 1 atom stereocenters. The molecule has 2 aliphatic rings. The van der Waals surface area contributed by atoms with Crippen LogP contribution in [0, 0.1) is 5.82 Å². The molecule has 41 heavy (non-hydrogen) atoms. The highest BCUT2D eigenvalue weighted by atomic mass is 35.5. The quantitative estimate of drug-likeness (QED) is 0.423. The van der Waals surface area contributed by atoms with Crippen LogP contribution in [0.1, 0.15) is 35.7 Å². The van der Waals surface area contributed by atoms with Gasteiger partial charge in [0.1, 0.15) is 24.2 Å². The maximum absolute atomic E-state index is 14.2. The molecule has 5 rings (SSSR count). The maximum atomic E-state index is 14.2. The number of nitrogens with zero attached hydrogens (tertiary/aromatic N) is 3. The zero-order valence-electron chi connectivity index (χ0n) is 22.5. The predicted octanol–water partition coefficient (Wildman–Crippen LogP) is 3.77. The second-order valence-corrected chi connectivity index (χ2v) is 10.5. The van der Waals surface area contributed by atoms with Gasteiger partial charge in [-0.05, 0) is 44.0 Å². The molecule has 10 nitrogen and oxygen atoms in total. The zero-order valence-corrected chi connectivity index (χ0v) is 23.3. The van der Waals surface area contributed by atoms with Crippen LogP contribution in [0.3, 0.4) is 0 Å². The van der Waals surface area contributed by atoms with Crippen molar-refractivity contribution in [1.82, 2.24) is 19.7 Å². The molecule has 0 aliphatic carbocycles. The molecule has 2 saturated heterocycles. The van der Waals surface area contributed by atoms with Gasteiger partial charge in [-0.15, -0.1) is 0 Å². The van der Waals surface area contributed by atoms with Gasteiger partial charge in [-0.25, -0.2) is 9.18 Å². The molecular weight excluding hydrogens is 555 g/mol. The molecule has 0 bridgehead atoms. The Bertz CT molecular complexity index is 1500. The van der Waals surface area contributed by atoms with E-state index in [9.17, 15) is 23.6 Å². The Kier molecular flexibility index (Phi) is 8.55. The Morgan fingerprint density at radius 3 is 2.66 bits per heavy atom. The minimum absolute atomic E-state index is 0.0271. The number of likely N-dealkylation sites (tertiary alicyclic amines) is 1. The van der Waals surface area contributed by atoms with Crippen molar-refractivity contribution < 1.29 is 33.0 Å². The van der Waals surface area contributed by atoms with E-state index in [1.54, 1.807) is 39.9 Å². The fourth-order valence-electron chi connectivity index (χ4n) is 5.22. The number of Topliss-reactive ketones (excluding diaryl/α,β-unsaturated/α-hetero) is 1. The largest absolute Gasteiger partial charge is 0.415 e. The van der Waals surface area contributed by atoms with E-state index in [0.29, 0.717) is 62.2 Å². The molecular formula is C29H30ClFN4O6. The number of nitrogens with one attached hydrogen (secondary N) is 1. The number of halogens is 2. The standard InChI is InChI=1S/C29H30ClFN4O6/c1-18(36)22-16-34(24-8-7-20(14-21(22)24)41-29(39)33-10-12-40-13-11-33)17-26(37)35-9-3-6-25(35)28(38)32-15-19-4-2-5-23(30)27(19)31/h2,4-5,7-8,14,16,25H,3,6,9-13,15,17H2,1H3,(H,32,38)/t25-/m0/s1. The van der Waals surface area contributed by atoms with Crippen LogP contribution in [0.5, 0.6) is 5.75 Å². The highest BCUT2D eigenvalue weighted by molar-refractivity contribution is 6.30. The van der Waals surface area contributed by atoms with Crippen molar-refractivity contribution in [3.8, 4) is 5.75 Å². The number of rotatable bonds is 7. The van der Waals surface area contributed by atoms with E-state index in [1.165, 1.54) is 24.0 Å². The average Bonchev–Trinajstić information content (AvgIpc) is 3.60. The summed E-state index contributed by atoms with van der Waals surface area (Å²) < 4.78 is 26.7. The lowest BCUT2D eigenvalue weighted by Crippen LogP contribution is -2.46. The highest BCUT2D eigenvalue weighted by Crippen LogP contribution is 2.28. The number of aromatic nitrogens is 1. The summed E-state index contributed by atoms with van der Waals surface area (Å²) >= 11 is 5.83. The lowest BCUT2D eigenvalue weighted by Gasteiger charge is -2.25. The highest BCUT2D eigenvalue weighted by Gasteiger charge is 2.34. The van der Waals surface area contributed by atoms with Crippen LogP contribution in [0.15, 0.2) is 42.6 Å². The first-order chi connectivity index (χ1) is 19.7. The number of morpholine rings is 1. The summed E-state index contributed by atoms with van der Waals surface area (Å²) in [6, 6.07) is 8.82. The first kappa shape index (κ1) is 28.6. The Labute approximate surface area is 240 Å². The van der Waals surface area contributed by atoms with Crippen LogP contribution in [0.2, 0.25) is 5.02 Å². The number of carbonyl (C=O) groups is 4. The number of ether oxygens (including phenoxy) is 2. The van der Waals surface area contributed by atoms with Crippen LogP contribution < -0.4 is 10.1 Å². The summed E-state index contributed by atoms with van der Waals surface area (Å²) in [5.74, 6) is -1.17. The van der Waals surface area contributed by atoms with Gasteiger partial charge in [-0.1, -0.05) is 23.7 Å². The molecule has 0 saturated carbocycles. The molecule has 2 aliphatic heterocycles. The number of hydrogen-bond donors (Lipinski definition) is 1. The van der Waals surface area contributed by atoms with E-state index in [1.807, 2.05) is 0 Å². The molecule has 12 heteroatoms. The lowest BCUT2D eigenvalue weighted by atomic mass is 10.1. The van der Waals surface area contributed by atoms with E-state index in [0.717, 1.165) is 0 Å². The van der Waals surface area contributed by atoms with E-state index < -0.39 is 18.0 Å². The third kappa shape index (κ3) is 6.20. The smallest absolute Gasteiger partial charge is 0.410 e. The van der Waals surface area contributed by atoms with E-state index in [-0.39, 0.29) is 47.0 Å². The summed E-state index contributed by atoms with van der Waals surface area (Å²) in [5, 5.41) is 3.24. The molecule has 0 radical (unpaired) electrons. The van der Waals surface area contributed by atoms with Crippen molar-refractivity contribution in [2.75, 3.05) is 32.8 Å². The molecule has 3 aromatic rings. The van der Waals surface area contributed by atoms with Crippen molar-refractivity contribution in [2.24, 2.45) is 0 Å². The van der Waals surface area contributed by atoms with Gasteiger partial charge in [0.05, 0.1) is 18.2 Å². The second-order valence-electron chi connectivity index (χ2n) is 10.0. The van der Waals surface area contributed by atoms with Gasteiger partial charge in [0.2, 0.25) is 11.8 Å². The molecule has 1 aromatic heterocycles. The Balaban J connectivity index is 1.29. The van der Waals surface area contributed by atoms with Crippen LogP contribution in [0.25, 0.3) is 10.9 Å². The zero-order chi connectivity index (χ0) is 29.1.